The lowest BCUT2D eigenvalue weighted by atomic mass is 10.0. The Morgan fingerprint density at radius 1 is 1.07 bits per heavy atom. The number of hydrogen-bond donors (Lipinski definition) is 2. The number of aryl methyl sites for hydroxylation is 2. The van der Waals surface area contributed by atoms with Crippen LogP contribution in [0.15, 0.2) is 48.5 Å². The van der Waals surface area contributed by atoms with Crippen molar-refractivity contribution in [1.29, 1.82) is 0 Å². The normalized spacial score (nSPS) is 15.9. The molecular weight excluding hydrogens is 378 g/mol. The highest BCUT2D eigenvalue weighted by atomic mass is 16.5. The fourth-order valence-electron chi connectivity index (χ4n) is 3.75. The summed E-state index contributed by atoms with van der Waals surface area (Å²) in [5.41, 5.74) is 4.03. The molecular formula is C24H25N3O3. The first-order chi connectivity index (χ1) is 14.5. The number of pyridine rings is 1. The van der Waals surface area contributed by atoms with Crippen molar-refractivity contribution in [3.8, 4) is 0 Å². The monoisotopic (exact) mass is 403 g/mol. The molecule has 1 aromatic heterocycles. The van der Waals surface area contributed by atoms with Crippen molar-refractivity contribution in [3.05, 3.63) is 70.9 Å². The molecule has 2 N–H and O–H groups in total. The zero-order valence-corrected chi connectivity index (χ0v) is 17.2. The third-order valence-electron chi connectivity index (χ3n) is 5.27. The molecule has 2 aromatic carbocycles. The molecule has 0 bridgehead atoms. The minimum atomic E-state index is -0.268. The van der Waals surface area contributed by atoms with Crippen LogP contribution in [0.25, 0.3) is 10.9 Å². The van der Waals surface area contributed by atoms with Crippen LogP contribution in [0.4, 0.5) is 5.69 Å². The zero-order valence-electron chi connectivity index (χ0n) is 17.2. The van der Waals surface area contributed by atoms with E-state index in [-0.39, 0.29) is 17.9 Å². The van der Waals surface area contributed by atoms with Crippen molar-refractivity contribution in [2.24, 2.45) is 0 Å². The van der Waals surface area contributed by atoms with Crippen molar-refractivity contribution < 1.29 is 14.3 Å². The zero-order chi connectivity index (χ0) is 21.1. The van der Waals surface area contributed by atoms with E-state index < -0.39 is 0 Å². The summed E-state index contributed by atoms with van der Waals surface area (Å²) in [4.78, 5) is 30.4. The second-order valence-corrected chi connectivity index (χ2v) is 7.68. The van der Waals surface area contributed by atoms with Crippen molar-refractivity contribution in [2.75, 3.05) is 18.5 Å². The third kappa shape index (κ3) is 4.33. The van der Waals surface area contributed by atoms with E-state index in [2.05, 4.69) is 15.6 Å². The Labute approximate surface area is 175 Å². The number of nitrogens with one attached hydrogen (secondary N) is 2. The molecule has 154 valence electrons. The van der Waals surface area contributed by atoms with Gasteiger partial charge in [0.15, 0.2) is 0 Å². The lowest BCUT2D eigenvalue weighted by Crippen LogP contribution is -2.32. The molecule has 0 spiro atoms. The third-order valence-corrected chi connectivity index (χ3v) is 5.27. The second kappa shape index (κ2) is 8.63. The van der Waals surface area contributed by atoms with E-state index in [4.69, 9.17) is 4.74 Å². The van der Waals surface area contributed by atoms with Gasteiger partial charge < -0.3 is 15.4 Å². The molecule has 6 nitrogen and oxygen atoms in total. The number of fused-ring (bicyclic) bond motifs is 1. The number of aromatic nitrogens is 1. The molecule has 4 rings (SSSR count). The van der Waals surface area contributed by atoms with Gasteiger partial charge in [0.2, 0.25) is 0 Å². The van der Waals surface area contributed by atoms with Gasteiger partial charge in [0.05, 0.1) is 28.4 Å². The van der Waals surface area contributed by atoms with Crippen LogP contribution in [0.1, 0.15) is 44.8 Å². The number of anilines is 1. The van der Waals surface area contributed by atoms with Crippen LogP contribution < -0.4 is 10.6 Å². The molecule has 1 aliphatic heterocycles. The van der Waals surface area contributed by atoms with Gasteiger partial charge in [-0.05, 0) is 57.0 Å². The summed E-state index contributed by atoms with van der Waals surface area (Å²) in [6.45, 7) is 5.05. The minimum Gasteiger partial charge on any atom is -0.376 e. The largest absolute Gasteiger partial charge is 0.376 e. The summed E-state index contributed by atoms with van der Waals surface area (Å²) in [6, 6.07) is 14.7. The Kier molecular flexibility index (Phi) is 5.77. The number of carbonyl (C=O) groups is 2. The van der Waals surface area contributed by atoms with E-state index in [1.54, 1.807) is 30.3 Å². The number of benzene rings is 2. The maximum Gasteiger partial charge on any atom is 0.256 e. The number of carbonyl (C=O) groups excluding carboxylic acids is 2. The Morgan fingerprint density at radius 2 is 1.90 bits per heavy atom. The van der Waals surface area contributed by atoms with E-state index in [1.165, 1.54) is 0 Å². The van der Waals surface area contributed by atoms with Crippen molar-refractivity contribution in [2.45, 2.75) is 32.8 Å². The lowest BCUT2D eigenvalue weighted by molar-refractivity contribution is 0.0858. The molecule has 6 heteroatoms. The lowest BCUT2D eigenvalue weighted by Gasteiger charge is -2.14. The average Bonchev–Trinajstić information content (AvgIpc) is 3.26. The molecule has 3 aromatic rings. The van der Waals surface area contributed by atoms with Gasteiger partial charge in [-0.2, -0.15) is 0 Å². The molecule has 0 radical (unpaired) electrons. The van der Waals surface area contributed by atoms with Gasteiger partial charge >= 0.3 is 0 Å². The summed E-state index contributed by atoms with van der Waals surface area (Å²) in [6.07, 6.45) is 2.03. The van der Waals surface area contributed by atoms with Crippen LogP contribution in [0.2, 0.25) is 0 Å². The topological polar surface area (TPSA) is 80.3 Å². The van der Waals surface area contributed by atoms with Crippen LogP contribution in [-0.2, 0) is 4.74 Å². The summed E-state index contributed by atoms with van der Waals surface area (Å²) in [5.74, 6) is -0.497. The van der Waals surface area contributed by atoms with E-state index >= 15 is 0 Å². The second-order valence-electron chi connectivity index (χ2n) is 7.68. The predicted molar refractivity (Wildman–Crippen MR) is 117 cm³/mol. The van der Waals surface area contributed by atoms with Gasteiger partial charge in [0, 0.05) is 24.2 Å². The Hall–Kier alpha value is -3.25. The van der Waals surface area contributed by atoms with Gasteiger partial charge in [0.1, 0.15) is 0 Å². The van der Waals surface area contributed by atoms with Crippen LogP contribution >= 0.6 is 0 Å². The van der Waals surface area contributed by atoms with Gasteiger partial charge in [-0.1, -0.05) is 23.8 Å². The first kappa shape index (κ1) is 20.0. The summed E-state index contributed by atoms with van der Waals surface area (Å²) < 4.78 is 5.56. The molecule has 2 heterocycles. The van der Waals surface area contributed by atoms with E-state index in [0.29, 0.717) is 23.4 Å². The standard InChI is InChI=1S/C24H25N3O3/c1-15-9-10-22-19(12-15)20(13-16(2)26-22)24(29)27-21-8-4-3-7-18(21)23(28)25-14-17-6-5-11-30-17/h3-4,7-10,12-13,17H,5-6,11,14H2,1-2H3,(H,25,28)(H,27,29). The molecule has 1 saturated heterocycles. The fourth-order valence-corrected chi connectivity index (χ4v) is 3.75. The van der Waals surface area contributed by atoms with Crippen LogP contribution in [0, 0.1) is 13.8 Å². The van der Waals surface area contributed by atoms with E-state index in [1.807, 2.05) is 32.0 Å². The number of amides is 2. The van der Waals surface area contributed by atoms with E-state index in [9.17, 15) is 9.59 Å². The number of hydrogen-bond acceptors (Lipinski definition) is 4. The first-order valence-electron chi connectivity index (χ1n) is 10.2. The maximum atomic E-state index is 13.1. The number of ether oxygens (including phenoxy) is 1. The summed E-state index contributed by atoms with van der Waals surface area (Å²) in [7, 11) is 0. The van der Waals surface area contributed by atoms with Crippen molar-refractivity contribution in [3.63, 3.8) is 0 Å². The summed E-state index contributed by atoms with van der Waals surface area (Å²) in [5, 5.41) is 6.62. The average molecular weight is 403 g/mol. The van der Waals surface area contributed by atoms with Gasteiger partial charge in [-0.25, -0.2) is 0 Å². The highest BCUT2D eigenvalue weighted by Gasteiger charge is 2.19. The summed E-state index contributed by atoms with van der Waals surface area (Å²) >= 11 is 0. The number of rotatable bonds is 5. The molecule has 2 amide bonds. The van der Waals surface area contributed by atoms with Crippen molar-refractivity contribution >= 4 is 28.4 Å². The van der Waals surface area contributed by atoms with Crippen molar-refractivity contribution in [1.82, 2.24) is 10.3 Å². The highest BCUT2D eigenvalue weighted by Crippen LogP contribution is 2.23. The molecule has 0 saturated carbocycles. The Balaban J connectivity index is 1.58. The van der Waals surface area contributed by atoms with Gasteiger partial charge in [-0.3, -0.25) is 14.6 Å². The molecule has 30 heavy (non-hydrogen) atoms. The molecule has 1 atom stereocenters. The molecule has 1 aliphatic rings. The maximum absolute atomic E-state index is 13.1. The van der Waals surface area contributed by atoms with Gasteiger partial charge in [0.25, 0.3) is 11.8 Å². The minimum absolute atomic E-state index is 0.0603. The Morgan fingerprint density at radius 3 is 2.70 bits per heavy atom. The quantitative estimate of drug-likeness (QED) is 0.674. The predicted octanol–water partition coefficient (Wildman–Crippen LogP) is 4.01. The number of para-hydroxylation sites is 1. The van der Waals surface area contributed by atoms with Crippen LogP contribution in [0.5, 0.6) is 0 Å². The Bertz CT molecular complexity index is 1100. The highest BCUT2D eigenvalue weighted by molar-refractivity contribution is 6.14. The van der Waals surface area contributed by atoms with Crippen LogP contribution in [-0.4, -0.2) is 36.1 Å². The molecule has 1 unspecified atom stereocenters. The van der Waals surface area contributed by atoms with Crippen LogP contribution in [0.3, 0.4) is 0 Å². The molecule has 1 fully saturated rings. The first-order valence-corrected chi connectivity index (χ1v) is 10.2. The van der Waals surface area contributed by atoms with E-state index in [0.717, 1.165) is 41.6 Å². The molecule has 0 aliphatic carbocycles. The smallest absolute Gasteiger partial charge is 0.256 e. The SMILES string of the molecule is Cc1ccc2nc(C)cc(C(=O)Nc3ccccc3C(=O)NCC3CCCO3)c2c1. The van der Waals surface area contributed by atoms with Gasteiger partial charge in [-0.15, -0.1) is 0 Å². The fraction of sp³-hybridized carbons (Fsp3) is 0.292. The number of nitrogens with zero attached hydrogens (tertiary/aromatic N) is 1.